The van der Waals surface area contributed by atoms with Gasteiger partial charge in [-0.2, -0.15) is 21.6 Å². The first-order chi connectivity index (χ1) is 7.54. The second-order valence-electron chi connectivity index (χ2n) is 5.88. The fourth-order valence-electron chi connectivity index (χ4n) is 4.22. The summed E-state index contributed by atoms with van der Waals surface area (Å²) < 4.78 is 64.0. The summed E-state index contributed by atoms with van der Waals surface area (Å²) in [5, 5.41) is 0. The molecule has 4 bridgehead atoms. The molecule has 4 aliphatic carbocycles. The molecule has 4 rings (SSSR count). The lowest BCUT2D eigenvalue weighted by atomic mass is 9.81. The molecule has 0 aromatic carbocycles. The van der Waals surface area contributed by atoms with E-state index < -0.39 is 26.6 Å². The number of hydrogen-bond donors (Lipinski definition) is 0. The van der Waals surface area contributed by atoms with Crippen molar-refractivity contribution in [1.29, 1.82) is 0 Å². The van der Waals surface area contributed by atoms with E-state index in [1.54, 1.807) is 0 Å². The summed E-state index contributed by atoms with van der Waals surface area (Å²) in [7, 11) is -5.48. The standard InChI is InChI=1S/C10H13F3O3S/c1-8(2)5-3-6-7(4-5)9(6,8)16-17(14,15)10(11,12)13/h5-7H,3-4H2,1-2H3. The van der Waals surface area contributed by atoms with Crippen molar-refractivity contribution < 1.29 is 25.8 Å². The summed E-state index contributed by atoms with van der Waals surface area (Å²) >= 11 is 0. The third-order valence-corrected chi connectivity index (χ3v) is 6.18. The van der Waals surface area contributed by atoms with Crippen molar-refractivity contribution in [2.75, 3.05) is 0 Å². The summed E-state index contributed by atoms with van der Waals surface area (Å²) in [6.07, 6.45) is 1.59. The van der Waals surface area contributed by atoms with E-state index in [4.69, 9.17) is 0 Å². The minimum absolute atomic E-state index is 0.000347. The Morgan fingerprint density at radius 1 is 1.18 bits per heavy atom. The van der Waals surface area contributed by atoms with Gasteiger partial charge in [-0.1, -0.05) is 13.8 Å². The van der Waals surface area contributed by atoms with Gasteiger partial charge in [0.2, 0.25) is 0 Å². The monoisotopic (exact) mass is 270 g/mol. The third-order valence-electron chi connectivity index (χ3n) is 5.11. The Balaban J connectivity index is 1.95. The minimum atomic E-state index is -5.48. The first kappa shape index (κ1) is 11.8. The van der Waals surface area contributed by atoms with Crippen LogP contribution in [0.5, 0.6) is 0 Å². The predicted octanol–water partition coefficient (Wildman–Crippen LogP) is 2.29. The van der Waals surface area contributed by atoms with Gasteiger partial charge >= 0.3 is 15.6 Å². The molecule has 0 heterocycles. The van der Waals surface area contributed by atoms with Crippen LogP contribution in [-0.2, 0) is 14.3 Å². The van der Waals surface area contributed by atoms with E-state index in [9.17, 15) is 21.6 Å². The van der Waals surface area contributed by atoms with Gasteiger partial charge in [0.25, 0.3) is 0 Å². The van der Waals surface area contributed by atoms with Gasteiger partial charge in [0.15, 0.2) is 0 Å². The van der Waals surface area contributed by atoms with E-state index in [-0.39, 0.29) is 11.8 Å². The summed E-state index contributed by atoms with van der Waals surface area (Å²) in [5.74, 6) is 0.292. The SMILES string of the molecule is CC1(C)C2CC3C(C2)C31OS(=O)(=O)C(F)(F)F. The van der Waals surface area contributed by atoms with Crippen LogP contribution in [0.2, 0.25) is 0 Å². The van der Waals surface area contributed by atoms with Crippen molar-refractivity contribution in [2.24, 2.45) is 23.2 Å². The molecule has 17 heavy (non-hydrogen) atoms. The fourth-order valence-corrected chi connectivity index (χ4v) is 5.14. The first-order valence-corrected chi connectivity index (χ1v) is 6.97. The van der Waals surface area contributed by atoms with Crippen molar-refractivity contribution >= 4 is 10.1 Å². The Morgan fingerprint density at radius 2 is 1.65 bits per heavy atom. The van der Waals surface area contributed by atoms with Crippen LogP contribution in [0.25, 0.3) is 0 Å². The highest BCUT2D eigenvalue weighted by atomic mass is 32.2. The summed E-state index contributed by atoms with van der Waals surface area (Å²) in [5.41, 5.74) is -6.87. The second-order valence-corrected chi connectivity index (χ2v) is 7.42. The van der Waals surface area contributed by atoms with Crippen LogP contribution in [0, 0.1) is 23.2 Å². The normalized spacial score (nSPS) is 46.3. The molecule has 4 saturated carbocycles. The average molecular weight is 270 g/mol. The van der Waals surface area contributed by atoms with Gasteiger partial charge in [-0.25, -0.2) is 0 Å². The van der Waals surface area contributed by atoms with E-state index in [0.29, 0.717) is 5.92 Å². The molecule has 98 valence electrons. The van der Waals surface area contributed by atoms with Crippen molar-refractivity contribution in [3.63, 3.8) is 0 Å². The average Bonchev–Trinajstić information content (AvgIpc) is 2.46. The Labute approximate surface area is 97.5 Å². The molecule has 2 unspecified atom stereocenters. The van der Waals surface area contributed by atoms with Gasteiger partial charge in [0.1, 0.15) is 0 Å². The summed E-state index contributed by atoms with van der Waals surface area (Å²) in [6.45, 7) is 3.63. The predicted molar refractivity (Wildman–Crippen MR) is 52.3 cm³/mol. The third kappa shape index (κ3) is 1.10. The zero-order chi connectivity index (χ0) is 12.9. The molecule has 0 N–H and O–H groups in total. The van der Waals surface area contributed by atoms with Crippen molar-refractivity contribution in [3.8, 4) is 0 Å². The molecule has 0 amide bonds. The molecule has 2 atom stereocenters. The van der Waals surface area contributed by atoms with Gasteiger partial charge in [-0.05, 0) is 36.0 Å². The highest BCUT2D eigenvalue weighted by Gasteiger charge is 2.86. The molecular weight excluding hydrogens is 257 g/mol. The van der Waals surface area contributed by atoms with E-state index >= 15 is 0 Å². The molecule has 3 nitrogen and oxygen atoms in total. The highest BCUT2D eigenvalue weighted by Crippen LogP contribution is 2.82. The Kier molecular flexibility index (Phi) is 1.84. The van der Waals surface area contributed by atoms with Crippen LogP contribution in [-0.4, -0.2) is 19.5 Å². The zero-order valence-corrected chi connectivity index (χ0v) is 10.2. The van der Waals surface area contributed by atoms with Crippen LogP contribution in [0.15, 0.2) is 0 Å². The lowest BCUT2D eigenvalue weighted by Crippen LogP contribution is -2.39. The summed E-state index contributed by atoms with van der Waals surface area (Å²) in [6, 6.07) is 0. The topological polar surface area (TPSA) is 43.4 Å². The van der Waals surface area contributed by atoms with Gasteiger partial charge in [0.05, 0.1) is 5.60 Å². The van der Waals surface area contributed by atoms with E-state index in [1.807, 2.05) is 13.8 Å². The van der Waals surface area contributed by atoms with Crippen LogP contribution < -0.4 is 0 Å². The maximum Gasteiger partial charge on any atom is 0.523 e. The zero-order valence-electron chi connectivity index (χ0n) is 9.41. The second kappa shape index (κ2) is 2.66. The van der Waals surface area contributed by atoms with Crippen molar-refractivity contribution in [2.45, 2.75) is 37.8 Å². The molecule has 0 aliphatic heterocycles. The van der Waals surface area contributed by atoms with Crippen LogP contribution in [0.4, 0.5) is 13.2 Å². The van der Waals surface area contributed by atoms with Crippen LogP contribution in [0.3, 0.4) is 0 Å². The lowest BCUT2D eigenvalue weighted by Gasteiger charge is -2.31. The van der Waals surface area contributed by atoms with E-state index in [2.05, 4.69) is 4.18 Å². The number of rotatable bonds is 2. The van der Waals surface area contributed by atoms with Gasteiger partial charge in [-0.15, -0.1) is 0 Å². The Hall–Kier alpha value is -0.300. The Morgan fingerprint density at radius 3 is 1.94 bits per heavy atom. The largest absolute Gasteiger partial charge is 0.523 e. The molecule has 4 fully saturated rings. The maximum atomic E-state index is 12.4. The smallest absolute Gasteiger partial charge is 0.255 e. The number of hydrogen-bond acceptors (Lipinski definition) is 3. The van der Waals surface area contributed by atoms with Gasteiger partial charge in [0, 0.05) is 0 Å². The Bertz CT molecular complexity index is 468. The molecular formula is C10H13F3O3S. The summed E-state index contributed by atoms with van der Waals surface area (Å²) in [4.78, 5) is 0. The molecule has 7 heteroatoms. The van der Waals surface area contributed by atoms with Gasteiger partial charge in [-0.3, -0.25) is 4.18 Å². The highest BCUT2D eigenvalue weighted by molar-refractivity contribution is 7.87. The fraction of sp³-hybridized carbons (Fsp3) is 1.00. The lowest BCUT2D eigenvalue weighted by molar-refractivity contribution is -0.0653. The van der Waals surface area contributed by atoms with Crippen LogP contribution in [0.1, 0.15) is 26.7 Å². The number of alkyl halides is 3. The molecule has 0 spiro atoms. The van der Waals surface area contributed by atoms with E-state index in [0.717, 1.165) is 12.8 Å². The molecule has 0 radical (unpaired) electrons. The molecule has 4 aliphatic rings. The van der Waals surface area contributed by atoms with E-state index in [1.165, 1.54) is 0 Å². The maximum absolute atomic E-state index is 12.4. The van der Waals surface area contributed by atoms with Crippen molar-refractivity contribution in [3.05, 3.63) is 0 Å². The quantitative estimate of drug-likeness (QED) is 0.571. The van der Waals surface area contributed by atoms with Crippen LogP contribution >= 0.6 is 0 Å². The van der Waals surface area contributed by atoms with Gasteiger partial charge < -0.3 is 0 Å². The number of halogens is 3. The minimum Gasteiger partial charge on any atom is -0.255 e. The molecule has 0 aromatic heterocycles. The molecule has 0 saturated heterocycles. The van der Waals surface area contributed by atoms with Crippen molar-refractivity contribution in [1.82, 2.24) is 0 Å². The molecule has 0 aromatic rings. The first-order valence-electron chi connectivity index (χ1n) is 5.56.